The summed E-state index contributed by atoms with van der Waals surface area (Å²) in [7, 11) is 1.94. The molecule has 0 saturated carbocycles. The van der Waals surface area contributed by atoms with Gasteiger partial charge in [-0.3, -0.25) is 0 Å². The third kappa shape index (κ3) is 4.75. The van der Waals surface area contributed by atoms with Gasteiger partial charge in [0.1, 0.15) is 0 Å². The monoisotopic (exact) mass is 484 g/mol. The molecular weight excluding hydrogens is 459 g/mol. The molecule has 0 radical (unpaired) electrons. The van der Waals surface area contributed by atoms with E-state index in [-0.39, 0.29) is 0 Å². The normalized spacial score (nSPS) is 11.4. The van der Waals surface area contributed by atoms with E-state index in [0.717, 1.165) is 12.5 Å². The van der Waals surface area contributed by atoms with E-state index in [0.29, 0.717) is 0 Å². The molecular formula is C22H24HfO. The molecule has 0 amide bonds. The molecule has 3 aromatic carbocycles. The van der Waals surface area contributed by atoms with E-state index in [1.807, 2.05) is 7.11 Å². The molecule has 0 fully saturated rings. The molecule has 0 aromatic heterocycles. The Kier molecular flexibility index (Phi) is 6.17. The Morgan fingerprint density at radius 1 is 0.542 bits per heavy atom. The molecule has 0 unspecified atom stereocenters. The molecule has 3 aromatic rings. The van der Waals surface area contributed by atoms with Crippen LogP contribution in [0.5, 0.6) is 0 Å². The van der Waals surface area contributed by atoms with Crippen LogP contribution in [0.15, 0.2) is 91.0 Å². The standard InChI is InChI=1S/3C7H7.CH3O.Hf/c3*1-7-5-3-2-4-6-7;1-2;/h3*2-6H,1H2;1H3;/q;;;-1;+1. The van der Waals surface area contributed by atoms with Crippen molar-refractivity contribution < 1.29 is 23.3 Å². The van der Waals surface area contributed by atoms with Gasteiger partial charge in [-0.25, -0.2) is 0 Å². The van der Waals surface area contributed by atoms with Gasteiger partial charge in [0.25, 0.3) is 0 Å². The minimum absolute atomic E-state index is 1.12. The Bertz CT molecular complexity index is 624. The van der Waals surface area contributed by atoms with Gasteiger partial charge in [-0.05, 0) is 0 Å². The Labute approximate surface area is 150 Å². The second-order valence-corrected chi connectivity index (χ2v) is 20.2. The van der Waals surface area contributed by atoms with Gasteiger partial charge in [0.2, 0.25) is 0 Å². The third-order valence-corrected chi connectivity index (χ3v) is 19.0. The van der Waals surface area contributed by atoms with E-state index in [2.05, 4.69) is 91.0 Å². The Morgan fingerprint density at radius 3 is 1.08 bits per heavy atom. The third-order valence-electron chi connectivity index (χ3n) is 4.54. The molecule has 0 N–H and O–H groups in total. The molecule has 0 aliphatic carbocycles. The molecule has 0 spiro atoms. The maximum absolute atomic E-state index is 6.37. The average molecular weight is 483 g/mol. The van der Waals surface area contributed by atoms with Crippen LogP contribution < -0.4 is 0 Å². The second kappa shape index (κ2) is 8.55. The number of hydrogen-bond donors (Lipinski definition) is 0. The van der Waals surface area contributed by atoms with Crippen LogP contribution in [0.1, 0.15) is 16.7 Å². The van der Waals surface area contributed by atoms with Crippen molar-refractivity contribution in [1.82, 2.24) is 0 Å². The average Bonchev–Trinajstić information content (AvgIpc) is 2.64. The van der Waals surface area contributed by atoms with E-state index >= 15 is 0 Å². The van der Waals surface area contributed by atoms with Crippen molar-refractivity contribution in [3.8, 4) is 0 Å². The summed E-state index contributed by atoms with van der Waals surface area (Å²) in [5, 5.41) is 0. The molecule has 0 aliphatic heterocycles. The molecule has 0 saturated heterocycles. The summed E-state index contributed by atoms with van der Waals surface area (Å²) in [6, 6.07) is 32.5. The molecule has 1 nitrogen and oxygen atoms in total. The summed E-state index contributed by atoms with van der Waals surface area (Å²) in [6.45, 7) is 0. The van der Waals surface area contributed by atoms with Gasteiger partial charge < -0.3 is 0 Å². The topological polar surface area (TPSA) is 9.23 Å². The Balaban J connectivity index is 1.91. The molecule has 0 bridgehead atoms. The first kappa shape index (κ1) is 17.3. The van der Waals surface area contributed by atoms with Crippen molar-refractivity contribution in [3.63, 3.8) is 0 Å². The van der Waals surface area contributed by atoms with Gasteiger partial charge in [0, 0.05) is 0 Å². The van der Waals surface area contributed by atoms with Crippen molar-refractivity contribution in [2.24, 2.45) is 0 Å². The van der Waals surface area contributed by atoms with Crippen molar-refractivity contribution >= 4 is 0 Å². The zero-order valence-corrected chi connectivity index (χ0v) is 17.8. The summed E-state index contributed by atoms with van der Waals surface area (Å²) in [4.78, 5) is 0. The summed E-state index contributed by atoms with van der Waals surface area (Å²) >= 11 is -3.04. The summed E-state index contributed by atoms with van der Waals surface area (Å²) in [5.41, 5.74) is 4.23. The fourth-order valence-corrected chi connectivity index (χ4v) is 16.8. The van der Waals surface area contributed by atoms with Crippen molar-refractivity contribution in [2.45, 2.75) is 12.5 Å². The van der Waals surface area contributed by atoms with E-state index in [1.165, 1.54) is 16.7 Å². The first-order chi connectivity index (χ1) is 11.8. The van der Waals surface area contributed by atoms with Crippen molar-refractivity contribution in [3.05, 3.63) is 108 Å². The van der Waals surface area contributed by atoms with Crippen LogP contribution in [0.25, 0.3) is 0 Å². The Morgan fingerprint density at radius 2 is 0.833 bits per heavy atom. The van der Waals surface area contributed by atoms with E-state index in [9.17, 15) is 0 Å². The van der Waals surface area contributed by atoms with Gasteiger partial charge in [-0.15, -0.1) is 0 Å². The predicted octanol–water partition coefficient (Wildman–Crippen LogP) is 5.30. The predicted molar refractivity (Wildman–Crippen MR) is 97.4 cm³/mol. The van der Waals surface area contributed by atoms with Crippen LogP contribution in [0.4, 0.5) is 0 Å². The fourth-order valence-electron chi connectivity index (χ4n) is 3.31. The van der Waals surface area contributed by atoms with E-state index in [4.69, 9.17) is 2.85 Å². The van der Waals surface area contributed by atoms with E-state index in [1.54, 1.807) is 0 Å². The molecule has 0 aliphatic rings. The quantitative estimate of drug-likeness (QED) is 0.415. The fraction of sp³-hybridized carbons (Fsp3) is 0.182. The number of rotatable bonds is 7. The number of hydrogen-bond acceptors (Lipinski definition) is 1. The zero-order valence-electron chi connectivity index (χ0n) is 14.2. The first-order valence-electron chi connectivity index (χ1n) is 8.47. The van der Waals surface area contributed by atoms with Gasteiger partial charge >= 0.3 is 151 Å². The number of benzene rings is 3. The summed E-state index contributed by atoms with van der Waals surface area (Å²) in [5.74, 6) is 0. The molecule has 0 atom stereocenters. The van der Waals surface area contributed by atoms with Gasteiger partial charge in [-0.1, -0.05) is 0 Å². The van der Waals surface area contributed by atoms with Crippen LogP contribution in [0.2, 0.25) is 0 Å². The molecule has 0 heterocycles. The van der Waals surface area contributed by atoms with Crippen LogP contribution >= 0.6 is 0 Å². The van der Waals surface area contributed by atoms with Gasteiger partial charge in [0.15, 0.2) is 0 Å². The van der Waals surface area contributed by atoms with Crippen molar-refractivity contribution in [1.29, 1.82) is 0 Å². The maximum atomic E-state index is 6.37. The zero-order chi connectivity index (χ0) is 16.7. The minimum atomic E-state index is -3.04. The molecule has 3 rings (SSSR count). The van der Waals surface area contributed by atoms with Crippen LogP contribution in [0.3, 0.4) is 0 Å². The summed E-state index contributed by atoms with van der Waals surface area (Å²) < 4.78 is 9.73. The SMILES string of the molecule is C[O][Hf]([CH2]c1ccccc1)([CH2]c1ccccc1)[CH2]c1ccccc1. The van der Waals surface area contributed by atoms with E-state index < -0.39 is 20.4 Å². The van der Waals surface area contributed by atoms with Crippen LogP contribution in [-0.2, 0) is 35.8 Å². The van der Waals surface area contributed by atoms with Gasteiger partial charge in [0.05, 0.1) is 0 Å². The summed E-state index contributed by atoms with van der Waals surface area (Å²) in [6.07, 6.45) is 0. The molecule has 2 heteroatoms. The van der Waals surface area contributed by atoms with Crippen LogP contribution in [-0.4, -0.2) is 7.11 Å². The van der Waals surface area contributed by atoms with Crippen LogP contribution in [0, 0.1) is 0 Å². The van der Waals surface area contributed by atoms with Crippen molar-refractivity contribution in [2.75, 3.05) is 7.11 Å². The second-order valence-electron chi connectivity index (χ2n) is 6.37. The molecule has 24 heavy (non-hydrogen) atoms. The Hall–Kier alpha value is -1.51. The molecule has 122 valence electrons. The first-order valence-corrected chi connectivity index (χ1v) is 17.6. The van der Waals surface area contributed by atoms with Gasteiger partial charge in [-0.2, -0.15) is 0 Å².